The Balaban J connectivity index is 1.60. The average molecular weight is 350 g/mol. The second-order valence-corrected chi connectivity index (χ2v) is 6.17. The summed E-state index contributed by atoms with van der Waals surface area (Å²) < 4.78 is 6.81. The molecule has 0 spiro atoms. The van der Waals surface area contributed by atoms with Crippen molar-refractivity contribution in [3.63, 3.8) is 0 Å². The van der Waals surface area contributed by atoms with Crippen molar-refractivity contribution in [1.29, 1.82) is 0 Å². The minimum Gasteiger partial charge on any atom is -0.497 e. The van der Waals surface area contributed by atoms with Gasteiger partial charge in [0.25, 0.3) is 5.91 Å². The Labute approximate surface area is 150 Å². The second-order valence-electron chi connectivity index (χ2n) is 6.17. The molecule has 1 aliphatic carbocycles. The summed E-state index contributed by atoms with van der Waals surface area (Å²) in [5, 5.41) is 14.0. The molecule has 1 amide bonds. The minimum absolute atomic E-state index is 0.207. The third kappa shape index (κ3) is 3.26. The molecule has 3 aromatic rings. The number of amides is 1. The quantitative estimate of drug-likeness (QED) is 0.775. The molecule has 1 aromatic carbocycles. The van der Waals surface area contributed by atoms with Gasteiger partial charge in [0.15, 0.2) is 0 Å². The molecule has 2 heterocycles. The van der Waals surface area contributed by atoms with E-state index >= 15 is 0 Å². The number of nitrogens with one attached hydrogen (secondary N) is 1. The number of ether oxygens (including phenoxy) is 1. The first-order valence-electron chi connectivity index (χ1n) is 8.44. The van der Waals surface area contributed by atoms with E-state index in [0.29, 0.717) is 22.7 Å². The Morgan fingerprint density at radius 3 is 2.88 bits per heavy atom. The maximum Gasteiger partial charge on any atom is 0.257 e. The third-order valence-corrected chi connectivity index (χ3v) is 4.43. The molecule has 132 valence electrons. The maximum absolute atomic E-state index is 12.7. The molecular formula is C18H18N6O2. The highest BCUT2D eigenvalue weighted by Gasteiger charge is 2.15. The van der Waals surface area contributed by atoms with Gasteiger partial charge in [-0.3, -0.25) is 9.78 Å². The zero-order valence-electron chi connectivity index (χ0n) is 14.3. The average Bonchev–Trinajstić information content (AvgIpc) is 3.22. The number of hydrogen-bond acceptors (Lipinski definition) is 6. The van der Waals surface area contributed by atoms with Crippen molar-refractivity contribution < 1.29 is 9.53 Å². The molecule has 0 atom stereocenters. The van der Waals surface area contributed by atoms with Crippen LogP contribution < -0.4 is 10.1 Å². The van der Waals surface area contributed by atoms with Crippen molar-refractivity contribution >= 4 is 11.6 Å². The van der Waals surface area contributed by atoms with Gasteiger partial charge >= 0.3 is 0 Å². The van der Waals surface area contributed by atoms with E-state index in [1.165, 1.54) is 16.6 Å². The smallest absolute Gasteiger partial charge is 0.257 e. The van der Waals surface area contributed by atoms with E-state index < -0.39 is 0 Å². The van der Waals surface area contributed by atoms with Gasteiger partial charge in [0, 0.05) is 29.7 Å². The number of tetrazole rings is 1. The summed E-state index contributed by atoms with van der Waals surface area (Å²) in [4.78, 5) is 17.1. The number of carbonyl (C=O) groups excluding carboxylic acids is 1. The SMILES string of the molecule is COc1cc(NC(=O)c2cnc3c(c2)CCCC3)cc(-n2cnnn2)c1. The highest BCUT2D eigenvalue weighted by molar-refractivity contribution is 6.04. The fraction of sp³-hybridized carbons (Fsp3) is 0.278. The summed E-state index contributed by atoms with van der Waals surface area (Å²) in [6, 6.07) is 7.26. The van der Waals surface area contributed by atoms with E-state index in [4.69, 9.17) is 4.74 Å². The van der Waals surface area contributed by atoms with Gasteiger partial charge in [0.2, 0.25) is 0 Å². The largest absolute Gasteiger partial charge is 0.497 e. The molecule has 0 saturated carbocycles. The lowest BCUT2D eigenvalue weighted by Gasteiger charge is -2.15. The van der Waals surface area contributed by atoms with Crippen LogP contribution in [0.3, 0.4) is 0 Å². The van der Waals surface area contributed by atoms with Gasteiger partial charge < -0.3 is 10.1 Å². The highest BCUT2D eigenvalue weighted by Crippen LogP contribution is 2.24. The van der Waals surface area contributed by atoms with Crippen LogP contribution in [-0.2, 0) is 12.8 Å². The van der Waals surface area contributed by atoms with Crippen molar-refractivity contribution in [1.82, 2.24) is 25.2 Å². The Morgan fingerprint density at radius 1 is 1.19 bits per heavy atom. The molecule has 1 N–H and O–H groups in total. The maximum atomic E-state index is 12.7. The number of aryl methyl sites for hydroxylation is 2. The molecule has 8 nitrogen and oxygen atoms in total. The summed E-state index contributed by atoms with van der Waals surface area (Å²) in [6.45, 7) is 0. The summed E-state index contributed by atoms with van der Waals surface area (Å²) in [5.74, 6) is 0.388. The van der Waals surface area contributed by atoms with Gasteiger partial charge in [-0.15, -0.1) is 5.10 Å². The van der Waals surface area contributed by atoms with Crippen LogP contribution in [0.25, 0.3) is 5.69 Å². The van der Waals surface area contributed by atoms with Crippen LogP contribution in [-0.4, -0.2) is 38.2 Å². The number of hydrogen-bond donors (Lipinski definition) is 1. The fourth-order valence-electron chi connectivity index (χ4n) is 3.10. The van der Waals surface area contributed by atoms with Gasteiger partial charge in [-0.25, -0.2) is 4.68 Å². The first-order chi connectivity index (χ1) is 12.7. The Bertz CT molecular complexity index is 939. The van der Waals surface area contributed by atoms with Gasteiger partial charge in [-0.05, 0) is 53.8 Å². The van der Waals surface area contributed by atoms with Crippen molar-refractivity contribution in [3.05, 3.63) is 53.6 Å². The number of benzene rings is 1. The monoisotopic (exact) mass is 350 g/mol. The Morgan fingerprint density at radius 2 is 2.08 bits per heavy atom. The van der Waals surface area contributed by atoms with E-state index in [-0.39, 0.29) is 5.91 Å². The van der Waals surface area contributed by atoms with E-state index in [2.05, 4.69) is 25.8 Å². The highest BCUT2D eigenvalue weighted by atomic mass is 16.5. The molecule has 1 aliphatic rings. The van der Waals surface area contributed by atoms with E-state index in [1.807, 2.05) is 6.07 Å². The molecule has 0 unspecified atom stereocenters. The van der Waals surface area contributed by atoms with Crippen LogP contribution >= 0.6 is 0 Å². The van der Waals surface area contributed by atoms with E-state index in [1.54, 1.807) is 31.5 Å². The standard InChI is InChI=1S/C18H18N6O2/c1-26-16-8-14(7-15(9-16)24-11-20-22-23-24)21-18(25)13-6-12-4-2-3-5-17(12)19-10-13/h6-11H,2-5H2,1H3,(H,21,25). The molecular weight excluding hydrogens is 332 g/mol. The third-order valence-electron chi connectivity index (χ3n) is 4.43. The lowest BCUT2D eigenvalue weighted by molar-refractivity contribution is 0.102. The normalized spacial score (nSPS) is 13.1. The Hall–Kier alpha value is -3.29. The molecule has 2 aromatic heterocycles. The number of carbonyl (C=O) groups is 1. The number of nitrogens with zero attached hydrogens (tertiary/aromatic N) is 5. The molecule has 26 heavy (non-hydrogen) atoms. The van der Waals surface area contributed by atoms with Crippen molar-refractivity contribution in [2.24, 2.45) is 0 Å². The lowest BCUT2D eigenvalue weighted by Crippen LogP contribution is -2.15. The molecule has 0 bridgehead atoms. The number of rotatable bonds is 4. The minimum atomic E-state index is -0.207. The summed E-state index contributed by atoms with van der Waals surface area (Å²) >= 11 is 0. The van der Waals surface area contributed by atoms with Crippen molar-refractivity contribution in [2.75, 3.05) is 12.4 Å². The number of fused-ring (bicyclic) bond motifs is 1. The van der Waals surface area contributed by atoms with Crippen LogP contribution in [0, 0.1) is 0 Å². The predicted octanol–water partition coefficient (Wildman–Crippen LogP) is 2.20. The first kappa shape index (κ1) is 16.2. The Kier molecular flexibility index (Phi) is 4.30. The zero-order chi connectivity index (χ0) is 17.9. The van der Waals surface area contributed by atoms with Gasteiger partial charge in [-0.1, -0.05) is 0 Å². The molecule has 0 fully saturated rings. The number of anilines is 1. The van der Waals surface area contributed by atoms with Gasteiger partial charge in [-0.2, -0.15) is 0 Å². The van der Waals surface area contributed by atoms with Crippen LogP contribution in [0.2, 0.25) is 0 Å². The zero-order valence-corrected chi connectivity index (χ0v) is 14.3. The van der Waals surface area contributed by atoms with Crippen molar-refractivity contribution in [2.45, 2.75) is 25.7 Å². The molecule has 4 rings (SSSR count). The molecule has 8 heteroatoms. The fourth-order valence-corrected chi connectivity index (χ4v) is 3.10. The van der Waals surface area contributed by atoms with Crippen LogP contribution in [0.1, 0.15) is 34.5 Å². The molecule has 0 radical (unpaired) electrons. The van der Waals surface area contributed by atoms with Crippen LogP contribution in [0.5, 0.6) is 5.75 Å². The van der Waals surface area contributed by atoms with Crippen LogP contribution in [0.4, 0.5) is 5.69 Å². The van der Waals surface area contributed by atoms with Gasteiger partial charge in [0.05, 0.1) is 18.4 Å². The number of pyridine rings is 1. The number of aromatic nitrogens is 5. The molecule has 0 aliphatic heterocycles. The van der Waals surface area contributed by atoms with Gasteiger partial charge in [0.1, 0.15) is 12.1 Å². The van der Waals surface area contributed by atoms with E-state index in [0.717, 1.165) is 31.4 Å². The molecule has 0 saturated heterocycles. The van der Waals surface area contributed by atoms with Crippen molar-refractivity contribution in [3.8, 4) is 11.4 Å². The van der Waals surface area contributed by atoms with Crippen LogP contribution in [0.15, 0.2) is 36.8 Å². The topological polar surface area (TPSA) is 94.8 Å². The summed E-state index contributed by atoms with van der Waals surface area (Å²) in [6.07, 6.45) is 7.39. The number of methoxy groups -OCH3 is 1. The summed E-state index contributed by atoms with van der Waals surface area (Å²) in [7, 11) is 1.57. The first-order valence-corrected chi connectivity index (χ1v) is 8.44. The predicted molar refractivity (Wildman–Crippen MR) is 94.5 cm³/mol. The van der Waals surface area contributed by atoms with E-state index in [9.17, 15) is 4.79 Å². The lowest BCUT2D eigenvalue weighted by atomic mass is 9.95. The second kappa shape index (κ2) is 6.91. The summed E-state index contributed by atoms with van der Waals surface area (Å²) in [5.41, 5.74) is 4.11.